The molecule has 0 aliphatic rings. The molecule has 0 spiro atoms. The minimum atomic E-state index is -1.31. The van der Waals surface area contributed by atoms with Crippen molar-refractivity contribution >= 4 is 46.4 Å². The number of benzene rings is 1. The van der Waals surface area contributed by atoms with Crippen molar-refractivity contribution in [3.63, 3.8) is 0 Å². The first kappa shape index (κ1) is 33.7. The van der Waals surface area contributed by atoms with Gasteiger partial charge in [0.2, 0.25) is 29.5 Å². The lowest BCUT2D eigenvalue weighted by Gasteiger charge is -2.25. The minimum absolute atomic E-state index is 0.0188. The second kappa shape index (κ2) is 16.7. The molecule has 0 aliphatic carbocycles. The van der Waals surface area contributed by atoms with Crippen molar-refractivity contribution in [2.75, 3.05) is 6.54 Å². The molecule has 0 saturated heterocycles. The van der Waals surface area contributed by atoms with Gasteiger partial charge >= 0.3 is 5.97 Å². The highest BCUT2D eigenvalue weighted by atomic mass is 16.4. The summed E-state index contributed by atoms with van der Waals surface area (Å²) in [5.41, 5.74) is 23.2. The van der Waals surface area contributed by atoms with E-state index in [1.54, 1.807) is 6.20 Å². The van der Waals surface area contributed by atoms with Crippen LogP contribution in [0.4, 0.5) is 0 Å². The van der Waals surface area contributed by atoms with Crippen LogP contribution < -0.4 is 38.9 Å². The molecule has 1 aromatic carbocycles. The van der Waals surface area contributed by atoms with Crippen LogP contribution in [0.5, 0.6) is 0 Å². The van der Waals surface area contributed by atoms with Crippen LogP contribution in [0.3, 0.4) is 0 Å². The maximum absolute atomic E-state index is 13.3. The maximum Gasteiger partial charge on any atom is 0.326 e. The van der Waals surface area contributed by atoms with E-state index in [1.807, 2.05) is 24.3 Å². The number of unbranched alkanes of at least 4 members (excludes halogenated alkanes) is 1. The number of hydrogen-bond donors (Lipinski definition) is 9. The van der Waals surface area contributed by atoms with Crippen molar-refractivity contribution in [1.82, 2.24) is 20.9 Å². The van der Waals surface area contributed by atoms with E-state index >= 15 is 0 Å². The molecule has 4 atom stereocenters. The average molecular weight is 589 g/mol. The normalized spacial score (nSPS) is 13.9. The predicted molar refractivity (Wildman–Crippen MR) is 153 cm³/mol. The molecule has 1 aromatic heterocycles. The number of nitrogens with one attached hydrogen (secondary N) is 4. The smallest absolute Gasteiger partial charge is 0.326 e. The molecule has 15 heteroatoms. The summed E-state index contributed by atoms with van der Waals surface area (Å²) in [6.07, 6.45) is 2.09. The molecular formula is C27H40N8O7. The van der Waals surface area contributed by atoms with E-state index in [2.05, 4.69) is 20.9 Å². The van der Waals surface area contributed by atoms with Crippen LogP contribution in [-0.2, 0) is 35.2 Å². The standard InChI is InChI=1S/C27H40N8O7/c28-12-4-3-7-19(25(39)35-21(27(41)42)13-15-14-32-18-6-2-1-5-16(15)18)34-26(40)20(9-11-23(31)37)33-24(38)17(29)8-10-22(30)36/h1-2,5-6,14,17,19-21,32H,3-4,7-13,28-29H2,(H2,30,36)(H2,31,37)(H,33,38)(H,34,40)(H,35,39)(H,41,42). The number of hydrogen-bond acceptors (Lipinski definition) is 8. The van der Waals surface area contributed by atoms with Crippen molar-refractivity contribution in [1.29, 1.82) is 0 Å². The fourth-order valence-corrected chi connectivity index (χ4v) is 4.29. The minimum Gasteiger partial charge on any atom is -0.480 e. The van der Waals surface area contributed by atoms with E-state index in [1.165, 1.54) is 0 Å². The Kier molecular flexibility index (Phi) is 13.4. The lowest BCUT2D eigenvalue weighted by atomic mass is 10.0. The summed E-state index contributed by atoms with van der Waals surface area (Å²) in [7, 11) is 0. The monoisotopic (exact) mass is 588 g/mol. The number of primary amides is 2. The van der Waals surface area contributed by atoms with Crippen LogP contribution in [0, 0.1) is 0 Å². The molecule has 2 rings (SSSR count). The third-order valence-electron chi connectivity index (χ3n) is 6.64. The number of nitrogens with two attached hydrogens (primary N) is 4. The molecule has 0 fully saturated rings. The highest BCUT2D eigenvalue weighted by Crippen LogP contribution is 2.19. The van der Waals surface area contributed by atoms with E-state index in [0.717, 1.165) is 10.9 Å². The number of carboxylic acid groups (broad SMARTS) is 1. The number of carboxylic acids is 1. The van der Waals surface area contributed by atoms with Gasteiger partial charge in [-0.2, -0.15) is 0 Å². The van der Waals surface area contributed by atoms with Crippen molar-refractivity contribution < 1.29 is 33.9 Å². The molecule has 42 heavy (non-hydrogen) atoms. The largest absolute Gasteiger partial charge is 0.480 e. The van der Waals surface area contributed by atoms with Gasteiger partial charge in [0, 0.05) is 36.4 Å². The lowest BCUT2D eigenvalue weighted by molar-refractivity contribution is -0.142. The highest BCUT2D eigenvalue weighted by Gasteiger charge is 2.31. The number of aliphatic carboxylic acids is 1. The fourth-order valence-electron chi connectivity index (χ4n) is 4.29. The van der Waals surface area contributed by atoms with E-state index in [9.17, 15) is 33.9 Å². The Morgan fingerprint density at radius 2 is 1.36 bits per heavy atom. The predicted octanol–water partition coefficient (Wildman–Crippen LogP) is -1.76. The number of amides is 5. The summed E-state index contributed by atoms with van der Waals surface area (Å²) in [6.45, 7) is 0.334. The zero-order valence-corrected chi connectivity index (χ0v) is 23.3. The first-order valence-corrected chi connectivity index (χ1v) is 13.6. The lowest BCUT2D eigenvalue weighted by Crippen LogP contribution is -2.57. The molecule has 1 heterocycles. The SMILES string of the molecule is NCCCCC(NC(=O)C(CCC(N)=O)NC(=O)C(N)CCC(N)=O)C(=O)NC(Cc1c[nH]c2ccccc12)C(=O)O. The summed E-state index contributed by atoms with van der Waals surface area (Å²) in [6, 6.07) is 2.38. The van der Waals surface area contributed by atoms with Crippen LogP contribution in [0.15, 0.2) is 30.5 Å². The van der Waals surface area contributed by atoms with Gasteiger partial charge in [0.1, 0.15) is 18.1 Å². The van der Waals surface area contributed by atoms with Crippen LogP contribution >= 0.6 is 0 Å². The van der Waals surface area contributed by atoms with Crippen LogP contribution in [0.2, 0.25) is 0 Å². The Bertz CT molecular complexity index is 1260. The molecule has 2 aromatic rings. The second-order valence-electron chi connectivity index (χ2n) is 9.99. The van der Waals surface area contributed by atoms with Crippen LogP contribution in [0.1, 0.15) is 50.5 Å². The van der Waals surface area contributed by atoms with E-state index in [0.29, 0.717) is 24.9 Å². The summed E-state index contributed by atoms with van der Waals surface area (Å²) >= 11 is 0. The van der Waals surface area contributed by atoms with E-state index in [4.69, 9.17) is 22.9 Å². The van der Waals surface area contributed by atoms with Gasteiger partial charge in [-0.15, -0.1) is 0 Å². The zero-order valence-electron chi connectivity index (χ0n) is 23.3. The first-order valence-electron chi connectivity index (χ1n) is 13.6. The Balaban J connectivity index is 2.18. The Hall–Kier alpha value is -4.50. The van der Waals surface area contributed by atoms with Gasteiger partial charge in [-0.25, -0.2) is 4.79 Å². The number of carbonyl (C=O) groups excluding carboxylic acids is 5. The van der Waals surface area contributed by atoms with Crippen LogP contribution in [0.25, 0.3) is 10.9 Å². The molecule has 0 saturated carbocycles. The number of carbonyl (C=O) groups is 6. The topological polar surface area (TPSA) is 279 Å². The third-order valence-corrected chi connectivity index (χ3v) is 6.64. The molecule has 13 N–H and O–H groups in total. The molecule has 0 bridgehead atoms. The number of para-hydroxylation sites is 1. The molecule has 230 valence electrons. The third kappa shape index (κ3) is 10.8. The van der Waals surface area contributed by atoms with Gasteiger partial charge in [-0.1, -0.05) is 18.2 Å². The van der Waals surface area contributed by atoms with Gasteiger partial charge in [0.25, 0.3) is 0 Å². The second-order valence-corrected chi connectivity index (χ2v) is 9.99. The highest BCUT2D eigenvalue weighted by molar-refractivity contribution is 5.94. The summed E-state index contributed by atoms with van der Waals surface area (Å²) in [5, 5.41) is 18.1. The van der Waals surface area contributed by atoms with Gasteiger partial charge in [0.05, 0.1) is 6.04 Å². The van der Waals surface area contributed by atoms with E-state index in [-0.39, 0.29) is 38.5 Å². The zero-order chi connectivity index (χ0) is 31.2. The summed E-state index contributed by atoms with van der Waals surface area (Å²) in [4.78, 5) is 76.7. The van der Waals surface area contributed by atoms with Gasteiger partial charge in [-0.3, -0.25) is 24.0 Å². The van der Waals surface area contributed by atoms with Gasteiger partial charge in [-0.05, 0) is 50.3 Å². The fraction of sp³-hybridized carbons (Fsp3) is 0.481. The maximum atomic E-state index is 13.3. The first-order chi connectivity index (χ1) is 19.9. The number of rotatable bonds is 19. The molecule has 0 aliphatic heterocycles. The number of aromatic amines is 1. The molecule has 15 nitrogen and oxygen atoms in total. The number of H-pyrrole nitrogens is 1. The molecule has 5 amide bonds. The Morgan fingerprint density at radius 1 is 0.786 bits per heavy atom. The molecule has 4 unspecified atom stereocenters. The number of fused-ring (bicyclic) bond motifs is 1. The average Bonchev–Trinajstić information content (AvgIpc) is 3.35. The quantitative estimate of drug-likeness (QED) is 0.0839. The Labute approximate surface area is 242 Å². The number of aromatic nitrogens is 1. The van der Waals surface area contributed by atoms with Crippen LogP contribution in [-0.4, -0.2) is 76.3 Å². The van der Waals surface area contributed by atoms with Crippen molar-refractivity contribution in [2.45, 2.75) is 75.5 Å². The Morgan fingerprint density at radius 3 is 1.98 bits per heavy atom. The van der Waals surface area contributed by atoms with E-state index < -0.39 is 59.7 Å². The molecular weight excluding hydrogens is 548 g/mol. The van der Waals surface area contributed by atoms with Crippen molar-refractivity contribution in [3.8, 4) is 0 Å². The van der Waals surface area contributed by atoms with Crippen molar-refractivity contribution in [2.24, 2.45) is 22.9 Å². The molecule has 0 radical (unpaired) electrons. The summed E-state index contributed by atoms with van der Waals surface area (Å²) < 4.78 is 0. The van der Waals surface area contributed by atoms with Gasteiger partial charge < -0.3 is 49.0 Å². The van der Waals surface area contributed by atoms with Crippen molar-refractivity contribution in [3.05, 3.63) is 36.0 Å². The summed E-state index contributed by atoms with van der Waals surface area (Å²) in [5.74, 6) is -4.96. The van der Waals surface area contributed by atoms with Gasteiger partial charge in [0.15, 0.2) is 0 Å².